The molecule has 0 spiro atoms. The average Bonchev–Trinajstić information content (AvgIpc) is 2.53. The predicted octanol–water partition coefficient (Wildman–Crippen LogP) is 2.17. The van der Waals surface area contributed by atoms with E-state index >= 15 is 0 Å². The standard InChI is InChI=1S/C17H23N3O3/c1-11-5-4-6-20(9-11)10-16-18-13-8-15(23-3)14(22-2)7-12(13)17(21)19-16/h7-8,11H,4-6,9-10H2,1-3H3,(H,18,19,21)/t11-/m1/s1. The molecule has 0 aliphatic carbocycles. The zero-order chi connectivity index (χ0) is 16.4. The molecule has 1 aromatic heterocycles. The largest absolute Gasteiger partial charge is 0.493 e. The Labute approximate surface area is 135 Å². The maximum absolute atomic E-state index is 12.4. The maximum Gasteiger partial charge on any atom is 0.258 e. The van der Waals surface area contributed by atoms with Gasteiger partial charge in [0.1, 0.15) is 5.82 Å². The molecule has 1 fully saturated rings. The van der Waals surface area contributed by atoms with Crippen LogP contribution in [0.3, 0.4) is 0 Å². The number of methoxy groups -OCH3 is 2. The van der Waals surface area contributed by atoms with Crippen LogP contribution in [0, 0.1) is 5.92 Å². The Hall–Kier alpha value is -2.08. The van der Waals surface area contributed by atoms with E-state index in [0.717, 1.165) is 13.1 Å². The Kier molecular flexibility index (Phi) is 4.52. The van der Waals surface area contributed by atoms with Crippen LogP contribution >= 0.6 is 0 Å². The predicted molar refractivity (Wildman–Crippen MR) is 89.1 cm³/mol. The molecule has 6 heteroatoms. The molecule has 23 heavy (non-hydrogen) atoms. The molecule has 0 amide bonds. The Morgan fingerprint density at radius 1 is 1.30 bits per heavy atom. The fraction of sp³-hybridized carbons (Fsp3) is 0.529. The average molecular weight is 317 g/mol. The molecule has 1 N–H and O–H groups in total. The van der Waals surface area contributed by atoms with E-state index in [2.05, 4.69) is 21.8 Å². The van der Waals surface area contributed by atoms with Gasteiger partial charge in [0.2, 0.25) is 0 Å². The number of aromatic amines is 1. The summed E-state index contributed by atoms with van der Waals surface area (Å²) >= 11 is 0. The molecule has 0 saturated carbocycles. The van der Waals surface area contributed by atoms with Gasteiger partial charge in [-0.2, -0.15) is 0 Å². The summed E-state index contributed by atoms with van der Waals surface area (Å²) in [6.07, 6.45) is 2.47. The summed E-state index contributed by atoms with van der Waals surface area (Å²) in [5.41, 5.74) is 0.488. The first-order chi connectivity index (χ1) is 11.1. The Balaban J connectivity index is 1.95. The van der Waals surface area contributed by atoms with E-state index in [1.807, 2.05) is 0 Å². The number of hydrogen-bond donors (Lipinski definition) is 1. The molecule has 0 unspecified atom stereocenters. The number of ether oxygens (including phenoxy) is 2. The van der Waals surface area contributed by atoms with Crippen LogP contribution in [0.5, 0.6) is 11.5 Å². The number of hydrogen-bond acceptors (Lipinski definition) is 5. The van der Waals surface area contributed by atoms with Crippen molar-refractivity contribution in [2.24, 2.45) is 5.92 Å². The lowest BCUT2D eigenvalue weighted by molar-refractivity contribution is 0.173. The first-order valence-corrected chi connectivity index (χ1v) is 7.98. The fourth-order valence-electron chi connectivity index (χ4n) is 3.23. The van der Waals surface area contributed by atoms with Crippen LogP contribution in [-0.4, -0.2) is 42.2 Å². The number of benzene rings is 1. The quantitative estimate of drug-likeness (QED) is 0.936. The van der Waals surface area contributed by atoms with Gasteiger partial charge in [-0.3, -0.25) is 9.69 Å². The highest BCUT2D eigenvalue weighted by atomic mass is 16.5. The molecular weight excluding hydrogens is 294 g/mol. The molecule has 2 aromatic rings. The lowest BCUT2D eigenvalue weighted by Crippen LogP contribution is -2.34. The number of nitrogens with one attached hydrogen (secondary N) is 1. The lowest BCUT2D eigenvalue weighted by Gasteiger charge is -2.30. The van der Waals surface area contributed by atoms with Crippen LogP contribution in [0.1, 0.15) is 25.6 Å². The topological polar surface area (TPSA) is 67.5 Å². The fourth-order valence-corrected chi connectivity index (χ4v) is 3.23. The number of rotatable bonds is 4. The van der Waals surface area contributed by atoms with Crippen molar-refractivity contribution < 1.29 is 9.47 Å². The zero-order valence-corrected chi connectivity index (χ0v) is 13.9. The third-order valence-corrected chi connectivity index (χ3v) is 4.37. The van der Waals surface area contributed by atoms with Gasteiger partial charge in [-0.05, 0) is 31.4 Å². The molecule has 3 rings (SSSR count). The molecule has 1 aromatic carbocycles. The van der Waals surface area contributed by atoms with Crippen LogP contribution in [0.15, 0.2) is 16.9 Å². The van der Waals surface area contributed by atoms with E-state index in [1.54, 1.807) is 26.4 Å². The van der Waals surface area contributed by atoms with Crippen LogP contribution in [-0.2, 0) is 6.54 Å². The highest BCUT2D eigenvalue weighted by Gasteiger charge is 2.18. The van der Waals surface area contributed by atoms with Gasteiger partial charge in [-0.15, -0.1) is 0 Å². The smallest absolute Gasteiger partial charge is 0.258 e. The molecule has 1 aliphatic rings. The van der Waals surface area contributed by atoms with E-state index in [0.29, 0.717) is 40.7 Å². The number of fused-ring (bicyclic) bond motifs is 1. The Morgan fingerprint density at radius 3 is 2.74 bits per heavy atom. The Bertz CT molecular complexity index is 757. The molecule has 6 nitrogen and oxygen atoms in total. The molecular formula is C17H23N3O3. The molecule has 1 atom stereocenters. The lowest BCUT2D eigenvalue weighted by atomic mass is 10.0. The number of aromatic nitrogens is 2. The number of piperidine rings is 1. The monoisotopic (exact) mass is 317 g/mol. The van der Waals surface area contributed by atoms with Gasteiger partial charge in [-0.25, -0.2) is 4.98 Å². The van der Waals surface area contributed by atoms with Crippen molar-refractivity contribution in [1.82, 2.24) is 14.9 Å². The molecule has 2 heterocycles. The molecule has 1 saturated heterocycles. The Morgan fingerprint density at radius 2 is 2.04 bits per heavy atom. The minimum absolute atomic E-state index is 0.143. The van der Waals surface area contributed by atoms with Crippen LogP contribution in [0.4, 0.5) is 0 Å². The van der Waals surface area contributed by atoms with E-state index < -0.39 is 0 Å². The van der Waals surface area contributed by atoms with E-state index in [9.17, 15) is 4.79 Å². The van der Waals surface area contributed by atoms with Crippen molar-refractivity contribution in [3.63, 3.8) is 0 Å². The van der Waals surface area contributed by atoms with Crippen molar-refractivity contribution in [2.45, 2.75) is 26.3 Å². The summed E-state index contributed by atoms with van der Waals surface area (Å²) in [7, 11) is 3.13. The van der Waals surface area contributed by atoms with Crippen LogP contribution < -0.4 is 15.0 Å². The molecule has 0 bridgehead atoms. The summed E-state index contributed by atoms with van der Waals surface area (Å²) in [4.78, 5) is 22.2. The second-order valence-electron chi connectivity index (χ2n) is 6.22. The second kappa shape index (κ2) is 6.58. The molecule has 124 valence electrons. The van der Waals surface area contributed by atoms with Gasteiger partial charge < -0.3 is 14.5 Å². The van der Waals surface area contributed by atoms with E-state index in [1.165, 1.54) is 12.8 Å². The molecule has 1 aliphatic heterocycles. The summed E-state index contributed by atoms with van der Waals surface area (Å²) in [6.45, 7) is 5.04. The summed E-state index contributed by atoms with van der Waals surface area (Å²) in [5, 5.41) is 0.512. The zero-order valence-electron chi connectivity index (χ0n) is 13.9. The first-order valence-electron chi connectivity index (χ1n) is 7.98. The van der Waals surface area contributed by atoms with Gasteiger partial charge in [0.05, 0.1) is 31.7 Å². The number of likely N-dealkylation sites (tertiary alicyclic amines) is 1. The summed E-state index contributed by atoms with van der Waals surface area (Å²) < 4.78 is 10.5. The maximum atomic E-state index is 12.4. The molecule has 0 radical (unpaired) electrons. The van der Waals surface area contributed by atoms with Crippen molar-refractivity contribution in [3.05, 3.63) is 28.3 Å². The van der Waals surface area contributed by atoms with Crippen molar-refractivity contribution in [1.29, 1.82) is 0 Å². The van der Waals surface area contributed by atoms with Crippen LogP contribution in [0.2, 0.25) is 0 Å². The van der Waals surface area contributed by atoms with Gasteiger partial charge in [0, 0.05) is 12.6 Å². The minimum Gasteiger partial charge on any atom is -0.493 e. The normalized spacial score (nSPS) is 19.0. The van der Waals surface area contributed by atoms with Gasteiger partial charge in [0.15, 0.2) is 11.5 Å². The highest BCUT2D eigenvalue weighted by molar-refractivity contribution is 5.81. The second-order valence-corrected chi connectivity index (χ2v) is 6.22. The SMILES string of the molecule is COc1cc2nc(CN3CCC[C@@H](C)C3)[nH]c(=O)c2cc1OC. The van der Waals surface area contributed by atoms with Crippen molar-refractivity contribution in [2.75, 3.05) is 27.3 Å². The van der Waals surface area contributed by atoms with Gasteiger partial charge >= 0.3 is 0 Å². The summed E-state index contributed by atoms with van der Waals surface area (Å²) in [5.74, 6) is 2.50. The first kappa shape index (κ1) is 15.8. The summed E-state index contributed by atoms with van der Waals surface area (Å²) in [6, 6.07) is 3.43. The number of H-pyrrole nitrogens is 1. The third kappa shape index (κ3) is 3.32. The van der Waals surface area contributed by atoms with Crippen molar-refractivity contribution in [3.8, 4) is 11.5 Å². The van der Waals surface area contributed by atoms with Crippen molar-refractivity contribution >= 4 is 10.9 Å². The van der Waals surface area contributed by atoms with E-state index in [4.69, 9.17) is 9.47 Å². The van der Waals surface area contributed by atoms with Gasteiger partial charge in [0.25, 0.3) is 5.56 Å². The van der Waals surface area contributed by atoms with Gasteiger partial charge in [-0.1, -0.05) is 6.92 Å². The highest BCUT2D eigenvalue weighted by Crippen LogP contribution is 2.30. The third-order valence-electron chi connectivity index (χ3n) is 4.37. The van der Waals surface area contributed by atoms with E-state index in [-0.39, 0.29) is 5.56 Å². The van der Waals surface area contributed by atoms with Crippen LogP contribution in [0.25, 0.3) is 10.9 Å². The minimum atomic E-state index is -0.143. The number of nitrogens with zero attached hydrogens (tertiary/aromatic N) is 2.